The topological polar surface area (TPSA) is 116 Å². The molecule has 0 radical (unpaired) electrons. The Kier molecular flexibility index (Phi) is 7.54. The first-order valence-corrected chi connectivity index (χ1v) is 11.5. The van der Waals surface area contributed by atoms with Crippen molar-refractivity contribution in [2.24, 2.45) is 11.8 Å². The molecule has 3 unspecified atom stereocenters. The van der Waals surface area contributed by atoms with Crippen LogP contribution in [0.1, 0.15) is 44.9 Å². The summed E-state index contributed by atoms with van der Waals surface area (Å²) in [5, 5.41) is 0. The fourth-order valence-corrected chi connectivity index (χ4v) is 5.65. The van der Waals surface area contributed by atoms with Crippen molar-refractivity contribution in [3.05, 3.63) is 0 Å². The zero-order chi connectivity index (χ0) is 19.5. The molecule has 2 saturated carbocycles. The van der Waals surface area contributed by atoms with Gasteiger partial charge in [0.05, 0.1) is 0 Å². The van der Waals surface area contributed by atoms with E-state index in [2.05, 4.69) is 0 Å². The summed E-state index contributed by atoms with van der Waals surface area (Å²) >= 11 is 0.949. The summed E-state index contributed by atoms with van der Waals surface area (Å²) in [5.41, 5.74) is 0. The van der Waals surface area contributed by atoms with Crippen LogP contribution in [0.15, 0.2) is 0 Å². The third-order valence-electron chi connectivity index (χ3n) is 5.69. The van der Waals surface area contributed by atoms with Crippen LogP contribution in [0.4, 0.5) is 0 Å². The fourth-order valence-electron chi connectivity index (χ4n) is 4.07. The Hall–Kier alpha value is -0.190. The van der Waals surface area contributed by atoms with E-state index in [1.54, 1.807) is 0 Å². The Morgan fingerprint density at radius 2 is 1.62 bits per heavy atom. The van der Waals surface area contributed by atoms with Crippen LogP contribution in [0.25, 0.3) is 0 Å². The summed E-state index contributed by atoms with van der Waals surface area (Å²) < 4.78 is 50.2. The van der Waals surface area contributed by atoms with Gasteiger partial charge in [0.2, 0.25) is 0 Å². The molecule has 0 aromatic heterocycles. The van der Waals surface area contributed by atoms with E-state index in [0.717, 1.165) is 27.9 Å². The van der Waals surface area contributed by atoms with Crippen LogP contribution in [0, 0.1) is 11.8 Å². The van der Waals surface area contributed by atoms with E-state index in [1.807, 2.05) is 0 Å². The molecular weight excluding hydrogens is 375 g/mol. The van der Waals surface area contributed by atoms with Gasteiger partial charge in [0.25, 0.3) is 0 Å². The molecule has 2 fully saturated rings. The predicted molar refractivity (Wildman–Crippen MR) is 92.0 cm³/mol. The average Bonchev–Trinajstić information content (AvgIpc) is 2.61. The van der Waals surface area contributed by atoms with Gasteiger partial charge in [-0.25, -0.2) is 0 Å². The number of carbonyl (C=O) groups is 2. The standard InChI is InChI=1S/C16H25O8S.Na/c1-22-14(17)11-7-6-8-12(13(11)15(18)23-2)24-16(25(19,20)21)9-4-3-5-10-16;/h3,11-13H,4-10H2,1-2H3,(H,19,20,21);. The third-order valence-corrected chi connectivity index (χ3v) is 8.29. The summed E-state index contributed by atoms with van der Waals surface area (Å²) in [6, 6.07) is 0. The molecule has 0 bridgehead atoms. The maximum atomic E-state index is 12.3. The second-order valence-corrected chi connectivity index (χ2v) is 10.7. The number of methoxy groups -OCH3 is 2. The minimum atomic E-state index is -4.48. The van der Waals surface area contributed by atoms with Crippen LogP contribution >= 0.6 is 0 Å². The fraction of sp³-hybridized carbons (Fsp3) is 0.875. The molecule has 1 N–H and O–H groups in total. The first kappa shape index (κ1) is 22.1. The molecule has 0 aromatic rings. The van der Waals surface area contributed by atoms with E-state index in [1.165, 1.54) is 14.2 Å². The first-order valence-electron chi connectivity index (χ1n) is 8.95. The molecule has 2 aliphatic carbocycles. The van der Waals surface area contributed by atoms with Crippen LogP contribution in [0.5, 0.6) is 0 Å². The summed E-state index contributed by atoms with van der Waals surface area (Å²) in [6.45, 7) is 0. The zero-order valence-electron chi connectivity index (χ0n) is 15.5. The quantitative estimate of drug-likeness (QED) is 0.416. The van der Waals surface area contributed by atoms with E-state index in [4.69, 9.17) is 14.2 Å². The number of ether oxygens (including phenoxy) is 3. The number of hydrogen-bond acceptors (Lipinski definition) is 7. The normalized spacial score (nSPS) is 35.6. The number of esters is 2. The number of carbonyl (C=O) groups excluding carboxylic acids is 2. The SMILES string of the molecule is COC(=O)C1CCCC(OC2(S(=O)(=O)O)CC[CH]([Na])CC2)C1C(=O)OC. The van der Waals surface area contributed by atoms with Gasteiger partial charge < -0.3 is 0 Å². The van der Waals surface area contributed by atoms with Crippen LogP contribution in [0.2, 0.25) is 3.17 Å². The van der Waals surface area contributed by atoms with Gasteiger partial charge in [0.1, 0.15) is 0 Å². The monoisotopic (exact) mass is 400 g/mol. The summed E-state index contributed by atoms with van der Waals surface area (Å²) in [7, 11) is -2.03. The van der Waals surface area contributed by atoms with Gasteiger partial charge in [0, 0.05) is 0 Å². The summed E-state index contributed by atoms with van der Waals surface area (Å²) in [5.74, 6) is -2.88. The molecule has 0 aromatic carbocycles. The molecule has 0 spiro atoms. The molecule has 2 aliphatic rings. The van der Waals surface area contributed by atoms with Crippen LogP contribution < -0.4 is 0 Å². The Labute approximate surface area is 171 Å². The molecule has 3 atom stereocenters. The van der Waals surface area contributed by atoms with Crippen molar-refractivity contribution < 1.29 is 36.8 Å². The molecule has 10 heteroatoms. The van der Waals surface area contributed by atoms with E-state index in [0.29, 0.717) is 35.3 Å². The van der Waals surface area contributed by atoms with E-state index < -0.39 is 44.9 Å². The molecule has 0 amide bonds. The van der Waals surface area contributed by atoms with Gasteiger partial charge in [-0.2, -0.15) is 0 Å². The Morgan fingerprint density at radius 3 is 2.12 bits per heavy atom. The van der Waals surface area contributed by atoms with Gasteiger partial charge >= 0.3 is 172 Å². The third kappa shape index (κ3) is 4.62. The second kappa shape index (κ2) is 8.87. The summed E-state index contributed by atoms with van der Waals surface area (Å²) in [6.07, 6.45) is 2.30. The Morgan fingerprint density at radius 1 is 1.04 bits per heavy atom. The summed E-state index contributed by atoms with van der Waals surface area (Å²) in [4.78, 5) is 22.7. The second-order valence-electron chi connectivity index (χ2n) is 7.33. The van der Waals surface area contributed by atoms with E-state index >= 15 is 0 Å². The molecule has 8 nitrogen and oxygen atoms in total. The zero-order valence-corrected chi connectivity index (χ0v) is 18.3. The van der Waals surface area contributed by atoms with Crippen molar-refractivity contribution >= 4 is 50.0 Å². The van der Waals surface area contributed by atoms with Crippen molar-refractivity contribution in [3.8, 4) is 0 Å². The molecule has 0 saturated heterocycles. The molecule has 2 rings (SSSR count). The van der Waals surface area contributed by atoms with Gasteiger partial charge in [-0.15, -0.1) is 0 Å². The van der Waals surface area contributed by atoms with Crippen LogP contribution in [-0.4, -0.2) is 78.1 Å². The van der Waals surface area contributed by atoms with Gasteiger partial charge in [-0.1, -0.05) is 0 Å². The Balaban J connectivity index is 2.33. The van der Waals surface area contributed by atoms with Gasteiger partial charge in [-0.05, 0) is 0 Å². The molecule has 26 heavy (non-hydrogen) atoms. The molecule has 0 aliphatic heterocycles. The van der Waals surface area contributed by atoms with Crippen molar-refractivity contribution in [1.82, 2.24) is 0 Å². The number of hydrogen-bond donors (Lipinski definition) is 1. The van der Waals surface area contributed by atoms with E-state index in [9.17, 15) is 22.6 Å². The van der Waals surface area contributed by atoms with E-state index in [-0.39, 0.29) is 12.8 Å². The maximum absolute atomic E-state index is 12.3. The molecule has 0 heterocycles. The van der Waals surface area contributed by atoms with Crippen molar-refractivity contribution in [1.29, 1.82) is 0 Å². The van der Waals surface area contributed by atoms with Crippen LogP contribution in [-0.2, 0) is 33.9 Å². The first-order chi connectivity index (χ1) is 12.1. The van der Waals surface area contributed by atoms with Crippen molar-refractivity contribution in [2.45, 2.75) is 59.2 Å². The average molecular weight is 400 g/mol. The van der Waals surface area contributed by atoms with Crippen molar-refractivity contribution in [2.75, 3.05) is 14.2 Å². The molecule has 144 valence electrons. The van der Waals surface area contributed by atoms with Gasteiger partial charge in [-0.3, -0.25) is 0 Å². The number of rotatable bonds is 5. The van der Waals surface area contributed by atoms with Crippen LogP contribution in [0.3, 0.4) is 0 Å². The Bertz CT molecular complexity index is 626. The van der Waals surface area contributed by atoms with Gasteiger partial charge in [0.15, 0.2) is 0 Å². The predicted octanol–water partition coefficient (Wildman–Crippen LogP) is 1.25. The molecular formula is C16H25NaO8S. The van der Waals surface area contributed by atoms with Crippen molar-refractivity contribution in [3.63, 3.8) is 0 Å². The minimum absolute atomic E-state index is 0.188.